The molecule has 0 radical (unpaired) electrons. The van der Waals surface area contributed by atoms with Gasteiger partial charge in [0.25, 0.3) is 0 Å². The third kappa shape index (κ3) is 5.95. The van der Waals surface area contributed by atoms with E-state index in [1.165, 1.54) is 5.69 Å². The Hall–Kier alpha value is -1.66. The van der Waals surface area contributed by atoms with Crippen molar-refractivity contribution in [1.29, 1.82) is 0 Å². The lowest BCUT2D eigenvalue weighted by Crippen LogP contribution is -2.39. The van der Waals surface area contributed by atoms with E-state index in [-0.39, 0.29) is 6.10 Å². The smallest absolute Gasteiger partial charge is 0.0900 e. The van der Waals surface area contributed by atoms with Crippen LogP contribution in [0.15, 0.2) is 48.7 Å². The van der Waals surface area contributed by atoms with E-state index >= 15 is 0 Å². The highest BCUT2D eigenvalue weighted by atomic mass is 16.5. The Morgan fingerprint density at radius 2 is 2.12 bits per heavy atom. The van der Waals surface area contributed by atoms with E-state index in [2.05, 4.69) is 34.8 Å². The third-order valence-corrected chi connectivity index (χ3v) is 4.81. The molecule has 26 heavy (non-hydrogen) atoms. The maximum atomic E-state index is 10.5. The molecule has 0 unspecified atom stereocenters. The summed E-state index contributed by atoms with van der Waals surface area (Å²) in [5.41, 5.74) is 2.36. The van der Waals surface area contributed by atoms with Crippen molar-refractivity contribution in [2.24, 2.45) is 7.05 Å². The zero-order valence-corrected chi connectivity index (χ0v) is 15.6. The zero-order chi connectivity index (χ0) is 18.2. The molecule has 5 heteroatoms. The molecular formula is C21H30N2O3. The van der Waals surface area contributed by atoms with Crippen LogP contribution in [-0.4, -0.2) is 53.1 Å². The van der Waals surface area contributed by atoms with Gasteiger partial charge in [0.2, 0.25) is 0 Å². The molecule has 0 amide bonds. The van der Waals surface area contributed by atoms with Crippen LogP contribution in [0.5, 0.6) is 0 Å². The van der Waals surface area contributed by atoms with Crippen molar-refractivity contribution in [1.82, 2.24) is 9.47 Å². The summed E-state index contributed by atoms with van der Waals surface area (Å²) in [4.78, 5) is 2.28. The lowest BCUT2D eigenvalue weighted by molar-refractivity contribution is -0.00328. The van der Waals surface area contributed by atoms with E-state index in [1.54, 1.807) is 0 Å². The molecule has 0 bridgehead atoms. The molecule has 2 heterocycles. The van der Waals surface area contributed by atoms with Gasteiger partial charge in [0, 0.05) is 45.2 Å². The summed E-state index contributed by atoms with van der Waals surface area (Å²) in [6.07, 6.45) is 4.04. The summed E-state index contributed by atoms with van der Waals surface area (Å²) in [5, 5.41) is 10.5. The van der Waals surface area contributed by atoms with Crippen molar-refractivity contribution >= 4 is 0 Å². The number of ether oxygens (including phenoxy) is 2. The van der Waals surface area contributed by atoms with Gasteiger partial charge in [-0.1, -0.05) is 30.3 Å². The van der Waals surface area contributed by atoms with E-state index in [4.69, 9.17) is 9.47 Å². The molecule has 142 valence electrons. The number of aliphatic hydroxyl groups is 1. The Balaban J connectivity index is 1.49. The average Bonchev–Trinajstić information content (AvgIpc) is 3.28. The number of aromatic nitrogens is 1. The van der Waals surface area contributed by atoms with Gasteiger partial charge >= 0.3 is 0 Å². The highest BCUT2D eigenvalue weighted by molar-refractivity contribution is 5.13. The normalized spacial score (nSPS) is 18.5. The molecule has 5 nitrogen and oxygen atoms in total. The minimum atomic E-state index is -0.514. The van der Waals surface area contributed by atoms with Crippen LogP contribution in [0, 0.1) is 0 Å². The Labute approximate surface area is 156 Å². The number of aliphatic hydroxyl groups excluding tert-OH is 1. The Kier molecular flexibility index (Phi) is 7.26. The second-order valence-electron chi connectivity index (χ2n) is 7.09. The molecular weight excluding hydrogens is 328 g/mol. The first-order valence-corrected chi connectivity index (χ1v) is 9.44. The van der Waals surface area contributed by atoms with Crippen LogP contribution in [0.2, 0.25) is 0 Å². The Bertz CT molecular complexity index is 638. The lowest BCUT2D eigenvalue weighted by Gasteiger charge is -2.27. The SMILES string of the molecule is Cn1cccc1CN(C[C@@H](O)COCc1ccccc1)C[C@@H]1CCCO1. The van der Waals surface area contributed by atoms with Gasteiger partial charge in [-0.2, -0.15) is 0 Å². The molecule has 0 spiro atoms. The molecule has 0 saturated carbocycles. The number of benzene rings is 1. The van der Waals surface area contributed by atoms with Crippen LogP contribution >= 0.6 is 0 Å². The van der Waals surface area contributed by atoms with E-state index in [0.717, 1.165) is 38.1 Å². The number of hydrogen-bond donors (Lipinski definition) is 1. The van der Waals surface area contributed by atoms with E-state index in [0.29, 0.717) is 19.8 Å². The number of rotatable bonds is 10. The van der Waals surface area contributed by atoms with Crippen LogP contribution in [0.3, 0.4) is 0 Å². The van der Waals surface area contributed by atoms with Crippen molar-refractivity contribution in [2.45, 2.75) is 38.2 Å². The van der Waals surface area contributed by atoms with Crippen molar-refractivity contribution in [3.05, 3.63) is 59.9 Å². The number of hydrogen-bond acceptors (Lipinski definition) is 4. The van der Waals surface area contributed by atoms with E-state index in [1.807, 2.05) is 30.3 Å². The first-order chi connectivity index (χ1) is 12.7. The van der Waals surface area contributed by atoms with Crippen molar-refractivity contribution in [3.8, 4) is 0 Å². The molecule has 2 atom stereocenters. The predicted molar refractivity (Wildman–Crippen MR) is 102 cm³/mol. The zero-order valence-electron chi connectivity index (χ0n) is 15.6. The summed E-state index contributed by atoms with van der Waals surface area (Å²) in [6, 6.07) is 14.2. The minimum Gasteiger partial charge on any atom is -0.389 e. The van der Waals surface area contributed by atoms with Gasteiger partial charge in [0.15, 0.2) is 0 Å². The van der Waals surface area contributed by atoms with Crippen LogP contribution in [0.4, 0.5) is 0 Å². The summed E-state index contributed by atoms with van der Waals surface area (Å²) in [6.45, 7) is 3.96. The van der Waals surface area contributed by atoms with Gasteiger partial charge in [-0.25, -0.2) is 0 Å². The lowest BCUT2D eigenvalue weighted by atomic mass is 10.2. The molecule has 3 rings (SSSR count). The van der Waals surface area contributed by atoms with Crippen molar-refractivity contribution < 1.29 is 14.6 Å². The molecule has 1 aromatic heterocycles. The van der Waals surface area contributed by atoms with Crippen LogP contribution in [0.25, 0.3) is 0 Å². The fourth-order valence-electron chi connectivity index (χ4n) is 3.41. The maximum absolute atomic E-state index is 10.5. The van der Waals surface area contributed by atoms with Crippen LogP contribution < -0.4 is 0 Å². The van der Waals surface area contributed by atoms with Gasteiger partial charge in [0.1, 0.15) is 0 Å². The van der Waals surface area contributed by atoms with Gasteiger partial charge in [0.05, 0.1) is 25.4 Å². The molecule has 1 aliphatic heterocycles. The van der Waals surface area contributed by atoms with Gasteiger partial charge in [-0.15, -0.1) is 0 Å². The van der Waals surface area contributed by atoms with Gasteiger partial charge in [-0.05, 0) is 30.5 Å². The Morgan fingerprint density at radius 3 is 2.81 bits per heavy atom. The quantitative estimate of drug-likeness (QED) is 0.709. The number of nitrogens with zero attached hydrogens (tertiary/aromatic N) is 2. The first kappa shape index (κ1) is 19.1. The largest absolute Gasteiger partial charge is 0.389 e. The van der Waals surface area contributed by atoms with E-state index in [9.17, 15) is 5.11 Å². The standard InChI is InChI=1S/C21H30N2O3/c1-22-11-5-9-19(22)13-23(15-21-10-6-12-26-21)14-20(24)17-25-16-18-7-3-2-4-8-18/h2-5,7-9,11,20-21,24H,6,10,12-17H2,1H3/t20-,21+/m1/s1. The summed E-state index contributed by atoms with van der Waals surface area (Å²) in [7, 11) is 2.05. The summed E-state index contributed by atoms with van der Waals surface area (Å²) < 4.78 is 13.6. The fourth-order valence-corrected chi connectivity index (χ4v) is 3.41. The molecule has 1 aliphatic rings. The highest BCUT2D eigenvalue weighted by Gasteiger charge is 2.21. The minimum absolute atomic E-state index is 0.271. The second kappa shape index (κ2) is 9.88. The molecule has 2 aromatic rings. The third-order valence-electron chi connectivity index (χ3n) is 4.81. The monoisotopic (exact) mass is 358 g/mol. The number of aryl methyl sites for hydroxylation is 1. The van der Waals surface area contributed by atoms with Gasteiger partial charge < -0.3 is 19.1 Å². The van der Waals surface area contributed by atoms with Crippen molar-refractivity contribution in [2.75, 3.05) is 26.3 Å². The van der Waals surface area contributed by atoms with Crippen LogP contribution in [-0.2, 0) is 29.7 Å². The molecule has 1 N–H and O–H groups in total. The molecule has 1 aromatic carbocycles. The Morgan fingerprint density at radius 1 is 1.27 bits per heavy atom. The molecule has 1 saturated heterocycles. The summed E-state index contributed by atoms with van der Waals surface area (Å²) in [5.74, 6) is 0. The first-order valence-electron chi connectivity index (χ1n) is 9.44. The van der Waals surface area contributed by atoms with Crippen molar-refractivity contribution in [3.63, 3.8) is 0 Å². The van der Waals surface area contributed by atoms with Gasteiger partial charge in [-0.3, -0.25) is 4.90 Å². The second-order valence-corrected chi connectivity index (χ2v) is 7.09. The van der Waals surface area contributed by atoms with Crippen LogP contribution in [0.1, 0.15) is 24.1 Å². The molecule has 0 aliphatic carbocycles. The predicted octanol–water partition coefficient (Wildman–Crippen LogP) is 2.58. The fraction of sp³-hybridized carbons (Fsp3) is 0.524. The topological polar surface area (TPSA) is 46.9 Å². The summed E-state index contributed by atoms with van der Waals surface area (Å²) >= 11 is 0. The average molecular weight is 358 g/mol. The molecule has 1 fully saturated rings. The highest BCUT2D eigenvalue weighted by Crippen LogP contribution is 2.15. The maximum Gasteiger partial charge on any atom is 0.0900 e. The van der Waals surface area contributed by atoms with E-state index < -0.39 is 6.10 Å².